The highest BCUT2D eigenvalue weighted by Crippen LogP contribution is 2.21. The third-order valence-corrected chi connectivity index (χ3v) is 4.01. The van der Waals surface area contributed by atoms with Crippen LogP contribution in [0.15, 0.2) is 30.0 Å². The van der Waals surface area contributed by atoms with Crippen molar-refractivity contribution in [1.82, 2.24) is 10.2 Å². The van der Waals surface area contributed by atoms with Crippen molar-refractivity contribution in [3.8, 4) is 0 Å². The molecule has 0 aliphatic carbocycles. The van der Waals surface area contributed by atoms with Crippen molar-refractivity contribution in [2.24, 2.45) is 0 Å². The Bertz CT molecular complexity index is 586. The van der Waals surface area contributed by atoms with Crippen LogP contribution in [0.2, 0.25) is 0 Å². The number of urea groups is 1. The maximum Gasteiger partial charge on any atom is 0.328 e. The molecule has 3 amide bonds. The number of hydrogen-bond acceptors (Lipinski definition) is 3. The molecule has 1 aromatic carbocycles. The van der Waals surface area contributed by atoms with Gasteiger partial charge >= 0.3 is 6.03 Å². The fourth-order valence-corrected chi connectivity index (χ4v) is 2.72. The third-order valence-electron chi connectivity index (χ3n) is 4.01. The number of amides is 3. The topological polar surface area (TPSA) is 52.7 Å². The highest BCUT2D eigenvalue weighted by molar-refractivity contribution is 6.13. The van der Waals surface area contributed by atoms with Crippen molar-refractivity contribution in [2.75, 3.05) is 25.0 Å². The van der Waals surface area contributed by atoms with E-state index in [1.807, 2.05) is 12.1 Å². The summed E-state index contributed by atoms with van der Waals surface area (Å²) >= 11 is 0. The zero-order chi connectivity index (χ0) is 14.8. The molecule has 2 fully saturated rings. The molecule has 5 nitrogen and oxygen atoms in total. The van der Waals surface area contributed by atoms with Crippen molar-refractivity contribution in [2.45, 2.75) is 19.3 Å². The normalized spacial score (nSPS) is 21.1. The number of rotatable bonds is 2. The lowest BCUT2D eigenvalue weighted by Gasteiger charge is -2.28. The van der Waals surface area contributed by atoms with Gasteiger partial charge in [-0.3, -0.25) is 9.69 Å². The molecular weight excluding hydrogens is 266 g/mol. The van der Waals surface area contributed by atoms with Crippen LogP contribution < -0.4 is 10.2 Å². The SMILES string of the molecule is CN1C(=O)N/C(=C/c2ccc(N3CCCCC3)cc2)C1=O. The van der Waals surface area contributed by atoms with Gasteiger partial charge in [-0.25, -0.2) is 4.79 Å². The molecule has 1 aromatic rings. The molecule has 0 atom stereocenters. The monoisotopic (exact) mass is 285 g/mol. The van der Waals surface area contributed by atoms with E-state index in [2.05, 4.69) is 22.3 Å². The zero-order valence-corrected chi connectivity index (χ0v) is 12.1. The Hall–Kier alpha value is -2.30. The Balaban J connectivity index is 1.75. The number of piperidine rings is 1. The van der Waals surface area contributed by atoms with Crippen LogP contribution in [0, 0.1) is 0 Å². The fourth-order valence-electron chi connectivity index (χ4n) is 2.72. The Morgan fingerprint density at radius 2 is 1.71 bits per heavy atom. The molecule has 0 unspecified atom stereocenters. The van der Waals surface area contributed by atoms with Gasteiger partial charge in [0.15, 0.2) is 0 Å². The average molecular weight is 285 g/mol. The molecule has 2 aliphatic rings. The van der Waals surface area contributed by atoms with Crippen molar-refractivity contribution in [3.63, 3.8) is 0 Å². The number of carbonyl (C=O) groups excluding carboxylic acids is 2. The maximum absolute atomic E-state index is 11.8. The van der Waals surface area contributed by atoms with Crippen LogP contribution in [0.1, 0.15) is 24.8 Å². The first kappa shape index (κ1) is 13.7. The van der Waals surface area contributed by atoms with Crippen LogP contribution >= 0.6 is 0 Å². The van der Waals surface area contributed by atoms with Gasteiger partial charge in [0.2, 0.25) is 0 Å². The standard InChI is InChI=1S/C16H19N3O2/c1-18-15(20)14(17-16(18)21)11-12-5-7-13(8-6-12)19-9-3-2-4-10-19/h5-8,11H,2-4,9-10H2,1H3,(H,17,21)/b14-11+. The van der Waals surface area contributed by atoms with E-state index in [0.717, 1.165) is 23.6 Å². The van der Waals surface area contributed by atoms with Gasteiger partial charge in [-0.2, -0.15) is 0 Å². The van der Waals surface area contributed by atoms with Crippen molar-refractivity contribution < 1.29 is 9.59 Å². The molecule has 0 aromatic heterocycles. The number of nitrogens with one attached hydrogen (secondary N) is 1. The van der Waals surface area contributed by atoms with Crippen LogP contribution in [-0.4, -0.2) is 37.0 Å². The summed E-state index contributed by atoms with van der Waals surface area (Å²) in [5.41, 5.74) is 2.46. The molecule has 0 spiro atoms. The van der Waals surface area contributed by atoms with E-state index in [1.54, 1.807) is 6.08 Å². The van der Waals surface area contributed by atoms with Crippen LogP contribution in [0.4, 0.5) is 10.5 Å². The van der Waals surface area contributed by atoms with Gasteiger partial charge in [-0.05, 0) is 43.0 Å². The van der Waals surface area contributed by atoms with Gasteiger partial charge in [0.1, 0.15) is 5.70 Å². The molecule has 110 valence electrons. The van der Waals surface area contributed by atoms with Crippen LogP contribution in [-0.2, 0) is 4.79 Å². The van der Waals surface area contributed by atoms with E-state index in [4.69, 9.17) is 0 Å². The summed E-state index contributed by atoms with van der Waals surface area (Å²) in [5, 5.41) is 2.57. The highest BCUT2D eigenvalue weighted by atomic mass is 16.2. The zero-order valence-electron chi connectivity index (χ0n) is 12.1. The number of hydrogen-bond donors (Lipinski definition) is 1. The predicted octanol–water partition coefficient (Wildman–Crippen LogP) is 2.20. The van der Waals surface area contributed by atoms with Crippen molar-refractivity contribution in [3.05, 3.63) is 35.5 Å². The largest absolute Gasteiger partial charge is 0.372 e. The van der Waals surface area contributed by atoms with Gasteiger partial charge in [0.25, 0.3) is 5.91 Å². The van der Waals surface area contributed by atoms with Crippen molar-refractivity contribution in [1.29, 1.82) is 0 Å². The summed E-state index contributed by atoms with van der Waals surface area (Å²) in [5.74, 6) is -0.292. The lowest BCUT2D eigenvalue weighted by molar-refractivity contribution is -0.121. The van der Waals surface area contributed by atoms with E-state index < -0.39 is 0 Å². The first-order valence-electron chi connectivity index (χ1n) is 7.31. The molecule has 3 rings (SSSR count). The van der Waals surface area contributed by atoms with Gasteiger partial charge in [-0.15, -0.1) is 0 Å². The van der Waals surface area contributed by atoms with E-state index in [0.29, 0.717) is 5.70 Å². The minimum Gasteiger partial charge on any atom is -0.372 e. The van der Waals surface area contributed by atoms with Crippen LogP contribution in [0.3, 0.4) is 0 Å². The first-order chi connectivity index (χ1) is 10.1. The average Bonchev–Trinajstić information content (AvgIpc) is 2.76. The number of carbonyl (C=O) groups is 2. The number of imide groups is 1. The second kappa shape index (κ2) is 5.60. The quantitative estimate of drug-likeness (QED) is 0.669. The molecule has 2 saturated heterocycles. The molecule has 0 saturated carbocycles. The molecule has 5 heteroatoms. The molecule has 0 bridgehead atoms. The number of anilines is 1. The summed E-state index contributed by atoms with van der Waals surface area (Å²) in [6.07, 6.45) is 5.52. The van der Waals surface area contributed by atoms with E-state index in [1.165, 1.54) is 32.0 Å². The highest BCUT2D eigenvalue weighted by Gasteiger charge is 2.29. The van der Waals surface area contributed by atoms with E-state index in [9.17, 15) is 9.59 Å². The number of nitrogens with zero attached hydrogens (tertiary/aromatic N) is 2. The fraction of sp³-hybridized carbons (Fsp3) is 0.375. The summed E-state index contributed by atoms with van der Waals surface area (Å²) < 4.78 is 0. The van der Waals surface area contributed by atoms with Gasteiger partial charge in [-0.1, -0.05) is 12.1 Å². The lowest BCUT2D eigenvalue weighted by atomic mass is 10.1. The predicted molar refractivity (Wildman–Crippen MR) is 81.8 cm³/mol. The summed E-state index contributed by atoms with van der Waals surface area (Å²) in [6, 6.07) is 7.73. The van der Waals surface area contributed by atoms with Gasteiger partial charge in [0, 0.05) is 25.8 Å². The molecule has 2 aliphatic heterocycles. The second-order valence-corrected chi connectivity index (χ2v) is 5.49. The van der Waals surface area contributed by atoms with Crippen LogP contribution in [0.25, 0.3) is 6.08 Å². The maximum atomic E-state index is 11.8. The second-order valence-electron chi connectivity index (χ2n) is 5.49. The minimum atomic E-state index is -0.379. The summed E-state index contributed by atoms with van der Waals surface area (Å²) in [4.78, 5) is 26.7. The Labute approximate surface area is 124 Å². The molecule has 1 N–H and O–H groups in total. The Morgan fingerprint density at radius 3 is 2.29 bits per heavy atom. The molecule has 2 heterocycles. The number of benzene rings is 1. The third kappa shape index (κ3) is 2.77. The van der Waals surface area contributed by atoms with E-state index >= 15 is 0 Å². The van der Waals surface area contributed by atoms with Gasteiger partial charge in [0.05, 0.1) is 0 Å². The minimum absolute atomic E-state index is 0.292. The summed E-state index contributed by atoms with van der Waals surface area (Å²) in [7, 11) is 1.47. The van der Waals surface area contributed by atoms with E-state index in [-0.39, 0.29) is 11.9 Å². The van der Waals surface area contributed by atoms with Crippen molar-refractivity contribution >= 4 is 23.7 Å². The van der Waals surface area contributed by atoms with Gasteiger partial charge < -0.3 is 10.2 Å². The van der Waals surface area contributed by atoms with Crippen LogP contribution in [0.5, 0.6) is 0 Å². The first-order valence-corrected chi connectivity index (χ1v) is 7.31. The number of likely N-dealkylation sites (N-methyl/N-ethyl adjacent to an activating group) is 1. The summed E-state index contributed by atoms with van der Waals surface area (Å²) in [6.45, 7) is 2.22. The lowest BCUT2D eigenvalue weighted by Crippen LogP contribution is -2.29. The molecular formula is C16H19N3O2. The Kier molecular flexibility index (Phi) is 3.64. The molecule has 21 heavy (non-hydrogen) atoms. The Morgan fingerprint density at radius 1 is 1.05 bits per heavy atom. The smallest absolute Gasteiger partial charge is 0.328 e. The molecule has 0 radical (unpaired) electrons.